The quantitative estimate of drug-likeness (QED) is 0.832. The van der Waals surface area contributed by atoms with Crippen molar-refractivity contribution in [1.29, 1.82) is 0 Å². The Kier molecular flexibility index (Phi) is 3.79. The first kappa shape index (κ1) is 12.9. The summed E-state index contributed by atoms with van der Waals surface area (Å²) in [5.41, 5.74) is 0. The molecule has 0 atom stereocenters. The Morgan fingerprint density at radius 2 is 2.00 bits per heavy atom. The molecule has 96 valence electrons. The van der Waals surface area contributed by atoms with Gasteiger partial charge in [-0.15, -0.1) is 21.5 Å². The molecule has 0 aliphatic carbocycles. The summed E-state index contributed by atoms with van der Waals surface area (Å²) in [6.07, 6.45) is 3.89. The maximum Gasteiger partial charge on any atom is 0.211 e. The van der Waals surface area contributed by atoms with E-state index in [4.69, 9.17) is 0 Å². The third kappa shape index (κ3) is 3.02. The van der Waals surface area contributed by atoms with Crippen molar-refractivity contribution in [2.24, 2.45) is 0 Å². The first-order valence-corrected chi connectivity index (χ1v) is 8.44. The smallest absolute Gasteiger partial charge is 0.211 e. The second-order valence-electron chi connectivity index (χ2n) is 4.32. The number of nitrogens with zero attached hydrogens (tertiary/aromatic N) is 3. The molecule has 1 aromatic rings. The molecule has 2 rings (SSSR count). The van der Waals surface area contributed by atoms with E-state index in [1.165, 1.54) is 6.26 Å². The van der Waals surface area contributed by atoms with E-state index in [1.54, 1.807) is 15.6 Å². The molecule has 17 heavy (non-hydrogen) atoms. The monoisotopic (exact) mass is 275 g/mol. The number of rotatable bonds is 3. The Balaban J connectivity index is 1.99. The Morgan fingerprint density at radius 1 is 1.35 bits per heavy atom. The van der Waals surface area contributed by atoms with Gasteiger partial charge in [0.25, 0.3) is 0 Å². The van der Waals surface area contributed by atoms with Crippen LogP contribution in [0.5, 0.6) is 0 Å². The molecule has 0 amide bonds. The van der Waals surface area contributed by atoms with Gasteiger partial charge in [-0.25, -0.2) is 12.7 Å². The van der Waals surface area contributed by atoms with Crippen molar-refractivity contribution in [2.75, 3.05) is 19.3 Å². The Bertz CT molecular complexity index is 475. The van der Waals surface area contributed by atoms with Gasteiger partial charge in [0, 0.05) is 19.0 Å². The highest BCUT2D eigenvalue weighted by Gasteiger charge is 2.27. The molecule has 2 heterocycles. The van der Waals surface area contributed by atoms with Gasteiger partial charge < -0.3 is 0 Å². The number of hydrogen-bond donors (Lipinski definition) is 0. The minimum absolute atomic E-state index is 0.380. The molecule has 0 unspecified atom stereocenters. The summed E-state index contributed by atoms with van der Waals surface area (Å²) >= 11 is 1.66. The minimum Gasteiger partial charge on any atom is -0.213 e. The summed E-state index contributed by atoms with van der Waals surface area (Å²) in [6, 6.07) is 0. The first-order valence-electron chi connectivity index (χ1n) is 5.78. The van der Waals surface area contributed by atoms with E-state index >= 15 is 0 Å². The average Bonchev–Trinajstić information content (AvgIpc) is 2.76. The fraction of sp³-hybridized carbons (Fsp3) is 0.800. The fourth-order valence-corrected chi connectivity index (χ4v) is 3.83. The molecule has 1 saturated heterocycles. The number of sulfonamides is 1. The third-order valence-electron chi connectivity index (χ3n) is 3.06. The summed E-state index contributed by atoms with van der Waals surface area (Å²) in [5.74, 6) is 0.380. The van der Waals surface area contributed by atoms with Crippen molar-refractivity contribution in [3.63, 3.8) is 0 Å². The molecular formula is C10H17N3O2S2. The van der Waals surface area contributed by atoms with E-state index in [0.717, 1.165) is 29.3 Å². The predicted octanol–water partition coefficient (Wildman–Crippen LogP) is 1.24. The number of aryl methyl sites for hydroxylation is 1. The largest absolute Gasteiger partial charge is 0.213 e. The van der Waals surface area contributed by atoms with Crippen molar-refractivity contribution in [3.8, 4) is 0 Å². The maximum absolute atomic E-state index is 11.4. The number of piperidine rings is 1. The number of hydrogen-bond acceptors (Lipinski definition) is 5. The van der Waals surface area contributed by atoms with Crippen molar-refractivity contribution in [1.82, 2.24) is 14.5 Å². The van der Waals surface area contributed by atoms with Gasteiger partial charge in [-0.2, -0.15) is 0 Å². The van der Waals surface area contributed by atoms with Gasteiger partial charge in [0.2, 0.25) is 10.0 Å². The van der Waals surface area contributed by atoms with Gasteiger partial charge in [0.15, 0.2) is 0 Å². The molecule has 0 spiro atoms. The van der Waals surface area contributed by atoms with Crippen LogP contribution in [0.15, 0.2) is 0 Å². The van der Waals surface area contributed by atoms with Crippen LogP contribution in [-0.4, -0.2) is 42.3 Å². The average molecular weight is 275 g/mol. The third-order valence-corrected chi connectivity index (χ3v) is 5.59. The molecule has 1 aliphatic heterocycles. The summed E-state index contributed by atoms with van der Waals surface area (Å²) in [7, 11) is -3.03. The van der Waals surface area contributed by atoms with Crippen LogP contribution in [0.3, 0.4) is 0 Å². The van der Waals surface area contributed by atoms with E-state index < -0.39 is 10.0 Å². The minimum atomic E-state index is -3.03. The van der Waals surface area contributed by atoms with E-state index in [0.29, 0.717) is 19.0 Å². The highest BCUT2D eigenvalue weighted by Crippen LogP contribution is 2.30. The lowest BCUT2D eigenvalue weighted by atomic mass is 9.99. The van der Waals surface area contributed by atoms with Crippen LogP contribution in [0, 0.1) is 0 Å². The first-order chi connectivity index (χ1) is 8.00. The van der Waals surface area contributed by atoms with Crippen LogP contribution in [0.1, 0.15) is 35.7 Å². The van der Waals surface area contributed by atoms with Gasteiger partial charge in [-0.05, 0) is 19.3 Å². The highest BCUT2D eigenvalue weighted by molar-refractivity contribution is 7.88. The zero-order valence-electron chi connectivity index (χ0n) is 10.1. The molecule has 0 bridgehead atoms. The Labute approximate surface area is 106 Å². The van der Waals surface area contributed by atoms with Gasteiger partial charge in [-0.3, -0.25) is 0 Å². The van der Waals surface area contributed by atoms with Crippen LogP contribution < -0.4 is 0 Å². The van der Waals surface area contributed by atoms with Gasteiger partial charge >= 0.3 is 0 Å². The number of aromatic nitrogens is 2. The van der Waals surface area contributed by atoms with Crippen LogP contribution in [0.25, 0.3) is 0 Å². The maximum atomic E-state index is 11.4. The Morgan fingerprint density at radius 3 is 2.47 bits per heavy atom. The van der Waals surface area contributed by atoms with Crippen LogP contribution in [-0.2, 0) is 16.4 Å². The lowest BCUT2D eigenvalue weighted by molar-refractivity contribution is 0.320. The molecule has 0 aromatic carbocycles. The molecule has 0 radical (unpaired) electrons. The normalized spacial score (nSPS) is 19.6. The molecule has 1 aromatic heterocycles. The highest BCUT2D eigenvalue weighted by atomic mass is 32.2. The second-order valence-corrected chi connectivity index (χ2v) is 7.40. The van der Waals surface area contributed by atoms with Gasteiger partial charge in [0.05, 0.1) is 6.26 Å². The van der Waals surface area contributed by atoms with Crippen LogP contribution >= 0.6 is 11.3 Å². The molecular weight excluding hydrogens is 258 g/mol. The van der Waals surface area contributed by atoms with Gasteiger partial charge in [-0.1, -0.05) is 6.92 Å². The topological polar surface area (TPSA) is 63.2 Å². The molecule has 7 heteroatoms. The summed E-state index contributed by atoms with van der Waals surface area (Å²) in [6.45, 7) is 3.27. The molecule has 0 saturated carbocycles. The molecule has 0 N–H and O–H groups in total. The molecule has 1 fully saturated rings. The fourth-order valence-electron chi connectivity index (χ4n) is 2.01. The molecule has 1 aliphatic rings. The zero-order chi connectivity index (χ0) is 12.5. The van der Waals surface area contributed by atoms with Crippen LogP contribution in [0.4, 0.5) is 0 Å². The van der Waals surface area contributed by atoms with Crippen molar-refractivity contribution in [3.05, 3.63) is 10.0 Å². The van der Waals surface area contributed by atoms with Crippen molar-refractivity contribution >= 4 is 21.4 Å². The second kappa shape index (κ2) is 4.99. The van der Waals surface area contributed by atoms with Gasteiger partial charge in [0.1, 0.15) is 10.0 Å². The molecule has 5 nitrogen and oxygen atoms in total. The summed E-state index contributed by atoms with van der Waals surface area (Å²) in [4.78, 5) is 0. The lowest BCUT2D eigenvalue weighted by Crippen LogP contribution is -2.37. The van der Waals surface area contributed by atoms with E-state index in [9.17, 15) is 8.42 Å². The standard InChI is InChI=1S/C10H17N3O2S2/c1-3-9-11-12-10(16-9)8-4-6-13(7-5-8)17(2,14)15/h8H,3-7H2,1-2H3. The van der Waals surface area contributed by atoms with Crippen molar-refractivity contribution < 1.29 is 8.42 Å². The van der Waals surface area contributed by atoms with Crippen LogP contribution in [0.2, 0.25) is 0 Å². The summed E-state index contributed by atoms with van der Waals surface area (Å²) < 4.78 is 24.3. The van der Waals surface area contributed by atoms with E-state index in [2.05, 4.69) is 17.1 Å². The van der Waals surface area contributed by atoms with E-state index in [-0.39, 0.29) is 0 Å². The Hall–Kier alpha value is -0.530. The SMILES string of the molecule is CCc1nnc(C2CCN(S(C)(=O)=O)CC2)s1. The van der Waals surface area contributed by atoms with Crippen molar-refractivity contribution in [2.45, 2.75) is 32.1 Å². The zero-order valence-corrected chi connectivity index (χ0v) is 11.7. The predicted molar refractivity (Wildman–Crippen MR) is 67.7 cm³/mol. The van der Waals surface area contributed by atoms with E-state index in [1.807, 2.05) is 0 Å². The lowest BCUT2D eigenvalue weighted by Gasteiger charge is -2.28. The summed E-state index contributed by atoms with van der Waals surface area (Å²) in [5, 5.41) is 10.4.